The van der Waals surface area contributed by atoms with Crippen molar-refractivity contribution >= 4 is 23.2 Å². The molecular formula is C22H24ClNO. The Morgan fingerprint density at radius 3 is 2.28 bits per heavy atom. The fraction of sp³-hybridized carbons (Fsp3) is 0.273. The second-order valence-electron chi connectivity index (χ2n) is 6.56. The summed E-state index contributed by atoms with van der Waals surface area (Å²) in [6.45, 7) is 3.25. The Bertz CT molecular complexity index is 792. The Morgan fingerprint density at radius 2 is 1.48 bits per heavy atom. The van der Waals surface area contributed by atoms with Crippen LogP contribution in [0.3, 0.4) is 0 Å². The van der Waals surface area contributed by atoms with Crippen LogP contribution < -0.4 is 4.74 Å². The van der Waals surface area contributed by atoms with Crippen LogP contribution in [0.15, 0.2) is 72.8 Å². The first-order chi connectivity index (χ1) is 11.9. The number of hydrogen-bond donors (Lipinski definition) is 0. The largest absolute Gasteiger partial charge is 0.490 e. The number of halogens is 1. The van der Waals surface area contributed by atoms with Crippen LogP contribution in [-0.4, -0.2) is 24.1 Å². The predicted molar refractivity (Wildman–Crippen MR) is 107 cm³/mol. The Kier molecular flexibility index (Phi) is 5.95. The summed E-state index contributed by atoms with van der Waals surface area (Å²) in [5.41, 5.74) is 1.39. The van der Waals surface area contributed by atoms with Crippen molar-refractivity contribution in [3.8, 4) is 5.75 Å². The molecule has 2 nitrogen and oxygen atoms in total. The molecule has 4 rings (SSSR count). The molecule has 1 saturated heterocycles. The molecule has 0 radical (unpaired) electrons. The van der Waals surface area contributed by atoms with Gasteiger partial charge in [0, 0.05) is 25.0 Å². The first-order valence-electron chi connectivity index (χ1n) is 8.79. The fourth-order valence-corrected chi connectivity index (χ4v) is 3.50. The summed E-state index contributed by atoms with van der Waals surface area (Å²) in [7, 11) is 0. The van der Waals surface area contributed by atoms with Gasteiger partial charge in [-0.05, 0) is 29.9 Å². The Morgan fingerprint density at radius 1 is 0.800 bits per heavy atom. The van der Waals surface area contributed by atoms with Crippen molar-refractivity contribution in [2.75, 3.05) is 13.1 Å². The highest BCUT2D eigenvalue weighted by atomic mass is 35.5. The molecule has 3 aromatic carbocycles. The molecule has 3 aromatic rings. The van der Waals surface area contributed by atoms with E-state index >= 15 is 0 Å². The molecule has 0 amide bonds. The average molecular weight is 354 g/mol. The van der Waals surface area contributed by atoms with Crippen LogP contribution in [0, 0.1) is 0 Å². The molecule has 0 N–H and O–H groups in total. The molecule has 25 heavy (non-hydrogen) atoms. The van der Waals surface area contributed by atoms with E-state index in [1.807, 2.05) is 0 Å². The lowest BCUT2D eigenvalue weighted by molar-refractivity contribution is 0.0980. The number of ether oxygens (including phenoxy) is 1. The van der Waals surface area contributed by atoms with E-state index in [1.54, 1.807) is 0 Å². The topological polar surface area (TPSA) is 12.5 Å². The predicted octanol–water partition coefficient (Wildman–Crippen LogP) is 5.31. The minimum atomic E-state index is 0. The maximum Gasteiger partial charge on any atom is 0.127 e. The molecule has 1 aliphatic rings. The number of benzene rings is 3. The molecule has 0 aromatic heterocycles. The van der Waals surface area contributed by atoms with Crippen molar-refractivity contribution in [1.82, 2.24) is 4.90 Å². The van der Waals surface area contributed by atoms with Gasteiger partial charge in [0.05, 0.1) is 0 Å². The van der Waals surface area contributed by atoms with Crippen LogP contribution in [0.1, 0.15) is 18.4 Å². The van der Waals surface area contributed by atoms with Crippen LogP contribution in [-0.2, 0) is 6.54 Å². The van der Waals surface area contributed by atoms with Crippen LogP contribution in [0.5, 0.6) is 5.75 Å². The van der Waals surface area contributed by atoms with Crippen molar-refractivity contribution < 1.29 is 4.74 Å². The molecule has 1 aliphatic heterocycles. The van der Waals surface area contributed by atoms with Gasteiger partial charge in [-0.3, -0.25) is 4.90 Å². The van der Waals surface area contributed by atoms with E-state index in [-0.39, 0.29) is 12.4 Å². The molecule has 1 heterocycles. The van der Waals surface area contributed by atoms with Gasteiger partial charge in [-0.1, -0.05) is 66.7 Å². The van der Waals surface area contributed by atoms with Crippen molar-refractivity contribution in [1.29, 1.82) is 0 Å². The molecule has 3 heteroatoms. The number of rotatable bonds is 4. The quantitative estimate of drug-likeness (QED) is 0.630. The van der Waals surface area contributed by atoms with E-state index in [4.69, 9.17) is 4.74 Å². The third kappa shape index (κ3) is 4.33. The highest BCUT2D eigenvalue weighted by molar-refractivity contribution is 5.88. The zero-order valence-electron chi connectivity index (χ0n) is 14.3. The van der Waals surface area contributed by atoms with Crippen molar-refractivity contribution in [2.45, 2.75) is 25.5 Å². The highest BCUT2D eigenvalue weighted by Crippen LogP contribution is 2.28. The number of hydrogen-bond acceptors (Lipinski definition) is 2. The fourth-order valence-electron chi connectivity index (χ4n) is 3.50. The lowest BCUT2D eigenvalue weighted by Gasteiger charge is -2.32. The van der Waals surface area contributed by atoms with Crippen LogP contribution in [0.4, 0.5) is 0 Å². The standard InChI is InChI=1S/C22H23NO.ClH/c1-2-7-18(8-3-1)17-23-15-13-20(14-16-23)24-22-12-6-10-19-9-4-5-11-21(19)22;/h1-12,20H,13-17H2;1H. The molecule has 0 bridgehead atoms. The maximum atomic E-state index is 6.34. The number of likely N-dealkylation sites (tertiary alicyclic amines) is 1. The lowest BCUT2D eigenvalue weighted by Crippen LogP contribution is -2.37. The molecule has 0 spiro atoms. The van der Waals surface area contributed by atoms with E-state index in [2.05, 4.69) is 77.7 Å². The molecule has 0 unspecified atom stereocenters. The summed E-state index contributed by atoms with van der Waals surface area (Å²) >= 11 is 0. The first-order valence-corrected chi connectivity index (χ1v) is 8.79. The average Bonchev–Trinajstić information content (AvgIpc) is 2.65. The summed E-state index contributed by atoms with van der Waals surface area (Å²) in [6, 6.07) is 25.5. The minimum Gasteiger partial charge on any atom is -0.490 e. The molecule has 0 saturated carbocycles. The van der Waals surface area contributed by atoms with Crippen LogP contribution >= 0.6 is 12.4 Å². The Hall–Kier alpha value is -2.03. The third-order valence-electron chi connectivity index (χ3n) is 4.83. The number of nitrogens with zero attached hydrogens (tertiary/aromatic N) is 1. The molecular weight excluding hydrogens is 330 g/mol. The number of piperidine rings is 1. The zero-order valence-corrected chi connectivity index (χ0v) is 15.1. The molecule has 0 aliphatic carbocycles. The summed E-state index contributed by atoms with van der Waals surface area (Å²) < 4.78 is 6.34. The second-order valence-corrected chi connectivity index (χ2v) is 6.56. The smallest absolute Gasteiger partial charge is 0.127 e. The van der Waals surface area contributed by atoms with Crippen LogP contribution in [0.25, 0.3) is 10.8 Å². The van der Waals surface area contributed by atoms with Gasteiger partial charge in [0.1, 0.15) is 11.9 Å². The van der Waals surface area contributed by atoms with Crippen molar-refractivity contribution in [3.63, 3.8) is 0 Å². The molecule has 0 atom stereocenters. The highest BCUT2D eigenvalue weighted by Gasteiger charge is 2.21. The normalized spacial score (nSPS) is 15.7. The van der Waals surface area contributed by atoms with E-state index < -0.39 is 0 Å². The van der Waals surface area contributed by atoms with Gasteiger partial charge < -0.3 is 4.74 Å². The molecule has 130 valence electrons. The summed E-state index contributed by atoms with van der Waals surface area (Å²) in [4.78, 5) is 2.53. The maximum absolute atomic E-state index is 6.34. The van der Waals surface area contributed by atoms with Gasteiger partial charge in [0.15, 0.2) is 0 Å². The van der Waals surface area contributed by atoms with E-state index in [1.165, 1.54) is 16.3 Å². The number of fused-ring (bicyclic) bond motifs is 1. The minimum absolute atomic E-state index is 0. The van der Waals surface area contributed by atoms with Crippen molar-refractivity contribution in [3.05, 3.63) is 78.4 Å². The van der Waals surface area contributed by atoms with Gasteiger partial charge in [-0.25, -0.2) is 0 Å². The summed E-state index contributed by atoms with van der Waals surface area (Å²) in [5, 5.41) is 2.46. The first kappa shape index (κ1) is 17.8. The lowest BCUT2D eigenvalue weighted by atomic mass is 10.1. The van der Waals surface area contributed by atoms with E-state index in [9.17, 15) is 0 Å². The van der Waals surface area contributed by atoms with Crippen molar-refractivity contribution in [2.24, 2.45) is 0 Å². The Labute approximate surface area is 155 Å². The zero-order chi connectivity index (χ0) is 16.2. The van der Waals surface area contributed by atoms with Gasteiger partial charge in [0.2, 0.25) is 0 Å². The van der Waals surface area contributed by atoms with E-state index in [0.717, 1.165) is 38.2 Å². The second kappa shape index (κ2) is 8.37. The van der Waals surface area contributed by atoms with E-state index in [0.29, 0.717) is 6.10 Å². The summed E-state index contributed by atoms with van der Waals surface area (Å²) in [6.07, 6.45) is 2.51. The third-order valence-corrected chi connectivity index (χ3v) is 4.83. The monoisotopic (exact) mass is 353 g/mol. The van der Waals surface area contributed by atoms with Gasteiger partial charge >= 0.3 is 0 Å². The SMILES string of the molecule is Cl.c1ccc(CN2CCC(Oc3cccc4ccccc34)CC2)cc1. The Balaban J connectivity index is 0.00000182. The van der Waals surface area contributed by atoms with Gasteiger partial charge in [-0.15, -0.1) is 12.4 Å². The summed E-state index contributed by atoms with van der Waals surface area (Å²) in [5.74, 6) is 1.02. The van der Waals surface area contributed by atoms with Gasteiger partial charge in [-0.2, -0.15) is 0 Å². The van der Waals surface area contributed by atoms with Gasteiger partial charge in [0.25, 0.3) is 0 Å². The molecule has 1 fully saturated rings. The van der Waals surface area contributed by atoms with Crippen LogP contribution in [0.2, 0.25) is 0 Å².